The molecule has 0 atom stereocenters. The van der Waals surface area contributed by atoms with Crippen molar-refractivity contribution in [3.8, 4) is 0 Å². The Morgan fingerprint density at radius 1 is 1.10 bits per heavy atom. The highest BCUT2D eigenvalue weighted by atomic mass is 15.4. The highest BCUT2D eigenvalue weighted by Crippen LogP contribution is 2.28. The monoisotopic (exact) mass is 287 g/mol. The van der Waals surface area contributed by atoms with Crippen LogP contribution < -0.4 is 5.73 Å². The highest BCUT2D eigenvalue weighted by Gasteiger charge is 2.14. The number of H-pyrrole nitrogens is 1. The summed E-state index contributed by atoms with van der Waals surface area (Å²) >= 11 is 0. The van der Waals surface area contributed by atoms with Crippen LogP contribution in [0.15, 0.2) is 10.2 Å². The molecular formula is C12H17N9. The van der Waals surface area contributed by atoms with Crippen molar-refractivity contribution in [2.75, 3.05) is 0 Å². The lowest BCUT2D eigenvalue weighted by Crippen LogP contribution is -2.08. The van der Waals surface area contributed by atoms with Crippen molar-refractivity contribution in [3.63, 3.8) is 0 Å². The van der Waals surface area contributed by atoms with Gasteiger partial charge in [-0.3, -0.25) is 5.10 Å². The SMILES string of the molecule is Cc1nn(CN)c(/N=N/c2c(C)nn3c(C)n[nH]c23)c1C. The first-order valence-corrected chi connectivity index (χ1v) is 6.59. The second-order valence-electron chi connectivity index (χ2n) is 4.88. The van der Waals surface area contributed by atoms with Crippen LogP contribution in [0, 0.1) is 27.7 Å². The van der Waals surface area contributed by atoms with Crippen molar-refractivity contribution in [1.82, 2.24) is 29.6 Å². The maximum atomic E-state index is 5.67. The lowest BCUT2D eigenvalue weighted by Gasteiger charge is -1.98. The Bertz CT molecular complexity index is 833. The zero-order valence-electron chi connectivity index (χ0n) is 12.4. The Balaban J connectivity index is 2.08. The van der Waals surface area contributed by atoms with Crippen LogP contribution in [0.2, 0.25) is 0 Å². The van der Waals surface area contributed by atoms with Gasteiger partial charge in [-0.25, -0.2) is 4.68 Å². The third kappa shape index (κ3) is 2.02. The van der Waals surface area contributed by atoms with Crippen molar-refractivity contribution in [3.05, 3.63) is 22.8 Å². The summed E-state index contributed by atoms with van der Waals surface area (Å²) in [6.45, 7) is 7.88. The van der Waals surface area contributed by atoms with E-state index in [1.165, 1.54) is 0 Å². The molecule has 0 radical (unpaired) electrons. The van der Waals surface area contributed by atoms with E-state index in [-0.39, 0.29) is 6.67 Å². The normalized spacial score (nSPS) is 12.0. The maximum absolute atomic E-state index is 5.67. The Labute approximate surface area is 120 Å². The van der Waals surface area contributed by atoms with E-state index in [0.717, 1.165) is 28.4 Å². The van der Waals surface area contributed by atoms with Gasteiger partial charge in [-0.05, 0) is 27.7 Å². The van der Waals surface area contributed by atoms with Crippen LogP contribution in [0.5, 0.6) is 0 Å². The van der Waals surface area contributed by atoms with Gasteiger partial charge in [-0.15, -0.1) is 10.2 Å². The van der Waals surface area contributed by atoms with E-state index in [0.29, 0.717) is 11.5 Å². The summed E-state index contributed by atoms with van der Waals surface area (Å²) in [6.07, 6.45) is 0. The lowest BCUT2D eigenvalue weighted by molar-refractivity contribution is 0.633. The fraction of sp³-hybridized carbons (Fsp3) is 0.417. The summed E-state index contributed by atoms with van der Waals surface area (Å²) in [5, 5.41) is 24.3. The molecule has 110 valence electrons. The van der Waals surface area contributed by atoms with E-state index in [1.807, 2.05) is 27.7 Å². The number of nitrogens with two attached hydrogens (primary N) is 1. The molecule has 0 aliphatic heterocycles. The summed E-state index contributed by atoms with van der Waals surface area (Å²) < 4.78 is 3.34. The maximum Gasteiger partial charge on any atom is 0.179 e. The van der Waals surface area contributed by atoms with Gasteiger partial charge in [0.1, 0.15) is 5.82 Å². The number of rotatable bonds is 3. The minimum atomic E-state index is 0.259. The molecule has 21 heavy (non-hydrogen) atoms. The van der Waals surface area contributed by atoms with E-state index in [1.54, 1.807) is 9.20 Å². The summed E-state index contributed by atoms with van der Waals surface area (Å²) in [7, 11) is 0. The predicted octanol–water partition coefficient (Wildman–Crippen LogP) is 1.82. The van der Waals surface area contributed by atoms with Crippen molar-refractivity contribution in [2.24, 2.45) is 16.0 Å². The van der Waals surface area contributed by atoms with Gasteiger partial charge in [0.05, 0.1) is 18.1 Å². The fourth-order valence-corrected chi connectivity index (χ4v) is 2.16. The number of aromatic amines is 1. The number of azo groups is 1. The molecule has 0 aliphatic carbocycles. The van der Waals surface area contributed by atoms with Gasteiger partial charge in [0.25, 0.3) is 0 Å². The number of nitrogens with zero attached hydrogens (tertiary/aromatic N) is 7. The topological polar surface area (TPSA) is 115 Å². The Hall–Kier alpha value is -2.55. The molecule has 3 heterocycles. The van der Waals surface area contributed by atoms with Gasteiger partial charge in [0.2, 0.25) is 0 Å². The molecule has 3 aromatic heterocycles. The smallest absolute Gasteiger partial charge is 0.179 e. The number of aryl methyl sites for hydroxylation is 3. The molecular weight excluding hydrogens is 270 g/mol. The number of nitrogens with one attached hydrogen (secondary N) is 1. The van der Waals surface area contributed by atoms with E-state index in [9.17, 15) is 0 Å². The van der Waals surface area contributed by atoms with Crippen LogP contribution in [0.4, 0.5) is 11.5 Å². The highest BCUT2D eigenvalue weighted by molar-refractivity contribution is 5.66. The van der Waals surface area contributed by atoms with Crippen LogP contribution in [-0.4, -0.2) is 29.6 Å². The number of fused-ring (bicyclic) bond motifs is 1. The number of aromatic nitrogens is 6. The largest absolute Gasteiger partial charge is 0.312 e. The van der Waals surface area contributed by atoms with Gasteiger partial charge in [0.15, 0.2) is 17.2 Å². The molecule has 0 fully saturated rings. The Morgan fingerprint density at radius 3 is 2.57 bits per heavy atom. The molecule has 0 spiro atoms. The molecule has 0 bridgehead atoms. The molecule has 0 unspecified atom stereocenters. The van der Waals surface area contributed by atoms with Gasteiger partial charge in [-0.2, -0.15) is 19.8 Å². The van der Waals surface area contributed by atoms with Crippen LogP contribution >= 0.6 is 0 Å². The summed E-state index contributed by atoms with van der Waals surface area (Å²) in [4.78, 5) is 0. The minimum Gasteiger partial charge on any atom is -0.312 e. The third-order valence-electron chi connectivity index (χ3n) is 3.47. The predicted molar refractivity (Wildman–Crippen MR) is 76.9 cm³/mol. The Morgan fingerprint density at radius 2 is 1.86 bits per heavy atom. The van der Waals surface area contributed by atoms with E-state index in [4.69, 9.17) is 5.73 Å². The van der Waals surface area contributed by atoms with Gasteiger partial charge < -0.3 is 5.73 Å². The van der Waals surface area contributed by atoms with Crippen molar-refractivity contribution < 1.29 is 0 Å². The molecule has 0 saturated heterocycles. The van der Waals surface area contributed by atoms with Crippen molar-refractivity contribution in [1.29, 1.82) is 0 Å². The molecule has 3 N–H and O–H groups in total. The average molecular weight is 287 g/mol. The quantitative estimate of drug-likeness (QED) is 0.715. The second-order valence-corrected chi connectivity index (χ2v) is 4.88. The standard InChI is InChI=1S/C12H17N9/c1-6-7(2)18-20(5-13)11(6)16-15-10-8(3)19-21-9(4)14-17-12(10)21/h17H,5,13H2,1-4H3/b16-15+. The van der Waals surface area contributed by atoms with Crippen LogP contribution in [-0.2, 0) is 6.67 Å². The zero-order valence-corrected chi connectivity index (χ0v) is 12.4. The molecule has 3 rings (SSSR count). The first-order chi connectivity index (χ1) is 10.0. The summed E-state index contributed by atoms with van der Waals surface area (Å²) in [5.74, 6) is 1.43. The Kier molecular flexibility index (Phi) is 3.05. The minimum absolute atomic E-state index is 0.259. The van der Waals surface area contributed by atoms with E-state index < -0.39 is 0 Å². The van der Waals surface area contributed by atoms with Crippen molar-refractivity contribution >= 4 is 17.2 Å². The van der Waals surface area contributed by atoms with Crippen LogP contribution in [0.1, 0.15) is 22.8 Å². The van der Waals surface area contributed by atoms with Crippen LogP contribution in [0.25, 0.3) is 5.65 Å². The van der Waals surface area contributed by atoms with Crippen LogP contribution in [0.3, 0.4) is 0 Å². The molecule has 9 nitrogen and oxygen atoms in total. The average Bonchev–Trinajstić information content (AvgIpc) is 3.05. The second kappa shape index (κ2) is 4.77. The molecule has 0 aromatic carbocycles. The summed E-state index contributed by atoms with van der Waals surface area (Å²) in [5.41, 5.74) is 9.70. The lowest BCUT2D eigenvalue weighted by atomic mass is 10.3. The van der Waals surface area contributed by atoms with Gasteiger partial charge in [0, 0.05) is 5.56 Å². The molecule has 9 heteroatoms. The molecule has 3 aromatic rings. The first kappa shape index (κ1) is 13.4. The molecule has 0 saturated carbocycles. The molecule has 0 amide bonds. The van der Waals surface area contributed by atoms with Gasteiger partial charge >= 0.3 is 0 Å². The summed E-state index contributed by atoms with van der Waals surface area (Å²) in [6, 6.07) is 0. The molecule has 0 aliphatic rings. The zero-order chi connectivity index (χ0) is 15.1. The fourth-order valence-electron chi connectivity index (χ4n) is 2.16. The van der Waals surface area contributed by atoms with Gasteiger partial charge in [-0.1, -0.05) is 0 Å². The first-order valence-electron chi connectivity index (χ1n) is 6.59. The van der Waals surface area contributed by atoms with E-state index in [2.05, 4.69) is 30.6 Å². The van der Waals surface area contributed by atoms with E-state index >= 15 is 0 Å². The number of hydrogen-bond donors (Lipinski definition) is 2. The van der Waals surface area contributed by atoms with Crippen molar-refractivity contribution in [2.45, 2.75) is 34.4 Å². The number of hydrogen-bond acceptors (Lipinski definition) is 6. The third-order valence-corrected chi connectivity index (χ3v) is 3.47.